The summed E-state index contributed by atoms with van der Waals surface area (Å²) < 4.78 is 0. The second-order valence-corrected chi connectivity index (χ2v) is 3.59. The number of aliphatic hydroxyl groups is 1. The topological polar surface area (TPSA) is 66.4 Å². The van der Waals surface area contributed by atoms with E-state index in [4.69, 9.17) is 5.11 Å². The minimum absolute atomic E-state index is 0.0179. The van der Waals surface area contributed by atoms with Crippen LogP contribution in [0.2, 0.25) is 0 Å². The van der Waals surface area contributed by atoms with Crippen LogP contribution in [0, 0.1) is 0 Å². The predicted molar refractivity (Wildman–Crippen MR) is 54.6 cm³/mol. The molecule has 1 aromatic rings. The lowest BCUT2D eigenvalue weighted by molar-refractivity contribution is -0.121. The molecule has 1 aliphatic heterocycles. The van der Waals surface area contributed by atoms with E-state index in [1.54, 1.807) is 12.1 Å². The highest BCUT2D eigenvalue weighted by Gasteiger charge is 2.17. The SMILES string of the molecule is O=C(CO)Cc1ccc2c(c1)CC(=O)N2. The minimum Gasteiger partial charge on any atom is -0.389 e. The van der Waals surface area contributed by atoms with Gasteiger partial charge in [-0.2, -0.15) is 0 Å². The number of fused-ring (bicyclic) bond motifs is 1. The van der Waals surface area contributed by atoms with Crippen molar-refractivity contribution >= 4 is 17.4 Å². The molecule has 0 aliphatic carbocycles. The molecule has 1 heterocycles. The Hall–Kier alpha value is -1.68. The van der Waals surface area contributed by atoms with E-state index >= 15 is 0 Å². The van der Waals surface area contributed by atoms with Gasteiger partial charge in [-0.1, -0.05) is 12.1 Å². The number of Topliss-reactive ketones (excluding diaryl/α,β-unsaturated/α-hetero) is 1. The lowest BCUT2D eigenvalue weighted by atomic mass is 10.0. The largest absolute Gasteiger partial charge is 0.389 e. The molecule has 0 radical (unpaired) electrons. The number of amides is 1. The highest BCUT2D eigenvalue weighted by atomic mass is 16.3. The Kier molecular flexibility index (Phi) is 2.51. The van der Waals surface area contributed by atoms with Gasteiger partial charge in [0, 0.05) is 12.1 Å². The van der Waals surface area contributed by atoms with Crippen LogP contribution in [0.5, 0.6) is 0 Å². The number of hydrogen-bond donors (Lipinski definition) is 2. The molecule has 0 bridgehead atoms. The summed E-state index contributed by atoms with van der Waals surface area (Å²) in [5.74, 6) is -0.233. The summed E-state index contributed by atoms with van der Waals surface area (Å²) in [5.41, 5.74) is 2.58. The van der Waals surface area contributed by atoms with E-state index in [-0.39, 0.29) is 18.1 Å². The number of aliphatic hydroxyl groups excluding tert-OH is 1. The first kappa shape index (κ1) is 9.86. The molecule has 15 heavy (non-hydrogen) atoms. The van der Waals surface area contributed by atoms with Gasteiger partial charge in [0.15, 0.2) is 5.78 Å². The van der Waals surface area contributed by atoms with Crippen molar-refractivity contribution in [2.24, 2.45) is 0 Å². The molecule has 0 saturated carbocycles. The second kappa shape index (κ2) is 3.82. The third-order valence-corrected chi connectivity index (χ3v) is 2.37. The molecule has 1 amide bonds. The van der Waals surface area contributed by atoms with Crippen molar-refractivity contribution in [1.29, 1.82) is 0 Å². The summed E-state index contributed by atoms with van der Waals surface area (Å²) in [4.78, 5) is 22.1. The first-order valence-electron chi connectivity index (χ1n) is 4.73. The molecule has 1 aliphatic rings. The Morgan fingerprint density at radius 2 is 2.27 bits per heavy atom. The fraction of sp³-hybridized carbons (Fsp3) is 0.273. The van der Waals surface area contributed by atoms with Gasteiger partial charge in [0.2, 0.25) is 5.91 Å². The van der Waals surface area contributed by atoms with Crippen molar-refractivity contribution < 1.29 is 14.7 Å². The van der Waals surface area contributed by atoms with Crippen molar-refractivity contribution in [2.75, 3.05) is 11.9 Å². The van der Waals surface area contributed by atoms with Crippen molar-refractivity contribution in [3.05, 3.63) is 29.3 Å². The van der Waals surface area contributed by atoms with Crippen LogP contribution >= 0.6 is 0 Å². The third-order valence-electron chi connectivity index (χ3n) is 2.37. The van der Waals surface area contributed by atoms with E-state index in [0.29, 0.717) is 6.42 Å². The van der Waals surface area contributed by atoms with Gasteiger partial charge >= 0.3 is 0 Å². The van der Waals surface area contributed by atoms with Gasteiger partial charge in [-0.3, -0.25) is 9.59 Å². The number of rotatable bonds is 3. The van der Waals surface area contributed by atoms with E-state index in [0.717, 1.165) is 16.8 Å². The summed E-state index contributed by atoms with van der Waals surface area (Å²) in [5, 5.41) is 11.3. The van der Waals surface area contributed by atoms with Crippen LogP contribution in [0.4, 0.5) is 5.69 Å². The number of ketones is 1. The molecule has 0 saturated heterocycles. The molecule has 2 N–H and O–H groups in total. The molecule has 0 unspecified atom stereocenters. The van der Waals surface area contributed by atoms with Gasteiger partial charge in [-0.15, -0.1) is 0 Å². The van der Waals surface area contributed by atoms with Crippen molar-refractivity contribution in [3.63, 3.8) is 0 Å². The Balaban J connectivity index is 2.20. The van der Waals surface area contributed by atoms with E-state index in [1.165, 1.54) is 0 Å². The van der Waals surface area contributed by atoms with E-state index in [2.05, 4.69) is 5.32 Å². The van der Waals surface area contributed by atoms with Crippen LogP contribution in [0.15, 0.2) is 18.2 Å². The van der Waals surface area contributed by atoms with Crippen LogP contribution in [-0.2, 0) is 22.4 Å². The normalized spacial score (nSPS) is 13.5. The van der Waals surface area contributed by atoms with Crippen LogP contribution in [0.25, 0.3) is 0 Å². The van der Waals surface area contributed by atoms with Gasteiger partial charge < -0.3 is 10.4 Å². The van der Waals surface area contributed by atoms with Crippen LogP contribution < -0.4 is 5.32 Å². The highest BCUT2D eigenvalue weighted by Crippen LogP contribution is 2.23. The summed E-state index contributed by atoms with van der Waals surface area (Å²) in [6.45, 7) is -0.436. The molecule has 1 aromatic carbocycles. The average Bonchev–Trinajstić information content (AvgIpc) is 2.57. The number of hydrogen-bond acceptors (Lipinski definition) is 3. The minimum atomic E-state index is -0.436. The average molecular weight is 205 g/mol. The number of benzene rings is 1. The molecule has 2 rings (SSSR count). The quantitative estimate of drug-likeness (QED) is 0.745. The van der Waals surface area contributed by atoms with E-state index in [1.807, 2.05) is 6.07 Å². The molecule has 4 heteroatoms. The lowest BCUT2D eigenvalue weighted by Crippen LogP contribution is -2.07. The van der Waals surface area contributed by atoms with E-state index < -0.39 is 6.61 Å². The summed E-state index contributed by atoms with van der Waals surface area (Å²) in [6, 6.07) is 5.42. The fourth-order valence-corrected chi connectivity index (χ4v) is 1.68. The van der Waals surface area contributed by atoms with Gasteiger partial charge in [0.25, 0.3) is 0 Å². The summed E-state index contributed by atoms with van der Waals surface area (Å²) in [6.07, 6.45) is 0.592. The van der Waals surface area contributed by atoms with Crippen LogP contribution in [0.1, 0.15) is 11.1 Å². The molecule has 0 atom stereocenters. The van der Waals surface area contributed by atoms with E-state index in [9.17, 15) is 9.59 Å². The van der Waals surface area contributed by atoms with Crippen LogP contribution in [0.3, 0.4) is 0 Å². The molecular weight excluding hydrogens is 194 g/mol. The van der Waals surface area contributed by atoms with Crippen molar-refractivity contribution in [3.8, 4) is 0 Å². The molecular formula is C11H11NO3. The maximum absolute atomic E-state index is 11.1. The van der Waals surface area contributed by atoms with Crippen molar-refractivity contribution in [1.82, 2.24) is 0 Å². The Morgan fingerprint density at radius 3 is 3.00 bits per heavy atom. The van der Waals surface area contributed by atoms with Gasteiger partial charge in [0.05, 0.1) is 6.42 Å². The monoisotopic (exact) mass is 205 g/mol. The molecule has 0 aromatic heterocycles. The molecule has 78 valence electrons. The van der Waals surface area contributed by atoms with Crippen molar-refractivity contribution in [2.45, 2.75) is 12.8 Å². The highest BCUT2D eigenvalue weighted by molar-refractivity contribution is 5.99. The van der Waals surface area contributed by atoms with Crippen LogP contribution in [-0.4, -0.2) is 23.4 Å². The maximum atomic E-state index is 11.1. The first-order valence-corrected chi connectivity index (χ1v) is 4.73. The molecule has 0 spiro atoms. The number of carbonyl (C=O) groups is 2. The van der Waals surface area contributed by atoms with Gasteiger partial charge in [-0.05, 0) is 17.2 Å². The zero-order valence-corrected chi connectivity index (χ0v) is 8.12. The Bertz CT molecular complexity index is 426. The fourth-order valence-electron chi connectivity index (χ4n) is 1.68. The molecule has 0 fully saturated rings. The molecule has 4 nitrogen and oxygen atoms in total. The van der Waals surface area contributed by atoms with Gasteiger partial charge in [0.1, 0.15) is 6.61 Å². The second-order valence-electron chi connectivity index (χ2n) is 3.59. The summed E-state index contributed by atoms with van der Waals surface area (Å²) >= 11 is 0. The number of nitrogens with one attached hydrogen (secondary N) is 1. The summed E-state index contributed by atoms with van der Waals surface area (Å²) in [7, 11) is 0. The zero-order chi connectivity index (χ0) is 10.8. The maximum Gasteiger partial charge on any atom is 0.228 e. The lowest BCUT2D eigenvalue weighted by Gasteiger charge is -2.02. The third kappa shape index (κ3) is 2.05. The first-order chi connectivity index (χ1) is 7.19. The Morgan fingerprint density at radius 1 is 1.47 bits per heavy atom. The predicted octanol–water partition coefficient (Wildman–Crippen LogP) is 0.285. The number of carbonyl (C=O) groups excluding carboxylic acids is 2. The van der Waals surface area contributed by atoms with Gasteiger partial charge in [-0.25, -0.2) is 0 Å². The smallest absolute Gasteiger partial charge is 0.228 e. The Labute approximate surface area is 86.9 Å². The zero-order valence-electron chi connectivity index (χ0n) is 8.12. The standard InChI is InChI=1S/C11H11NO3/c13-6-9(14)4-7-1-2-10-8(3-7)5-11(15)12-10/h1-3,13H,4-6H2,(H,12,15). The number of anilines is 1.